The van der Waals surface area contributed by atoms with Crippen LogP contribution in [0.4, 0.5) is 8.78 Å². The molecule has 26 heavy (non-hydrogen) atoms. The molecule has 0 amide bonds. The third kappa shape index (κ3) is 3.71. The van der Waals surface area contributed by atoms with Gasteiger partial charge in [0.1, 0.15) is 11.6 Å². The summed E-state index contributed by atoms with van der Waals surface area (Å²) in [7, 11) is 0. The zero-order valence-electron chi connectivity index (χ0n) is 15.0. The first-order valence-electron chi connectivity index (χ1n) is 8.96. The van der Waals surface area contributed by atoms with Gasteiger partial charge in [-0.1, -0.05) is 25.1 Å². The molecule has 5 heteroatoms. The van der Waals surface area contributed by atoms with Crippen molar-refractivity contribution in [2.75, 3.05) is 6.61 Å². The summed E-state index contributed by atoms with van der Waals surface area (Å²) in [6.07, 6.45) is 1.83. The van der Waals surface area contributed by atoms with Crippen molar-refractivity contribution in [1.29, 1.82) is 0 Å². The van der Waals surface area contributed by atoms with Crippen LogP contribution in [0.1, 0.15) is 37.0 Å². The molecular formula is C21H22F2O3. The molecule has 0 fully saturated rings. The van der Waals surface area contributed by atoms with Crippen molar-refractivity contribution < 1.29 is 23.0 Å². The molecule has 3 rings (SSSR count). The van der Waals surface area contributed by atoms with Crippen molar-refractivity contribution in [3.05, 3.63) is 58.7 Å². The number of benzene rings is 2. The fourth-order valence-electron chi connectivity index (χ4n) is 3.20. The molecule has 0 spiro atoms. The molecule has 1 atom stereocenters. The topological polar surface area (TPSA) is 35.5 Å². The van der Waals surface area contributed by atoms with E-state index in [-0.39, 0.29) is 23.5 Å². The van der Waals surface area contributed by atoms with E-state index in [2.05, 4.69) is 0 Å². The lowest BCUT2D eigenvalue weighted by Gasteiger charge is -2.23. The molecule has 0 N–H and O–H groups in total. The van der Waals surface area contributed by atoms with Crippen molar-refractivity contribution in [1.82, 2.24) is 0 Å². The maximum absolute atomic E-state index is 14.7. The Morgan fingerprint density at radius 1 is 1.12 bits per heavy atom. The fraction of sp³-hybridized carbons (Fsp3) is 0.381. The Kier molecular flexibility index (Phi) is 5.55. The molecule has 138 valence electrons. The van der Waals surface area contributed by atoms with E-state index in [0.29, 0.717) is 54.7 Å². The molecule has 1 heterocycles. The van der Waals surface area contributed by atoms with Gasteiger partial charge >= 0.3 is 5.97 Å². The minimum atomic E-state index is -0.517. The zero-order chi connectivity index (χ0) is 18.7. The van der Waals surface area contributed by atoms with E-state index in [9.17, 15) is 13.6 Å². The molecule has 1 aliphatic rings. The van der Waals surface area contributed by atoms with Crippen LogP contribution in [-0.2, 0) is 24.1 Å². The number of hydrogen-bond donors (Lipinski definition) is 0. The third-order valence-corrected chi connectivity index (χ3v) is 4.75. The van der Waals surface area contributed by atoms with E-state index in [1.54, 1.807) is 24.3 Å². The van der Waals surface area contributed by atoms with Gasteiger partial charge in [0.2, 0.25) is 0 Å². The van der Waals surface area contributed by atoms with Gasteiger partial charge in [0.05, 0.1) is 12.5 Å². The summed E-state index contributed by atoms with van der Waals surface area (Å²) in [5.74, 6) is -0.974. The quantitative estimate of drug-likeness (QED) is 0.556. The molecule has 2 aromatic carbocycles. The number of esters is 1. The van der Waals surface area contributed by atoms with Crippen molar-refractivity contribution in [3.8, 4) is 11.5 Å². The van der Waals surface area contributed by atoms with Gasteiger partial charge in [-0.15, -0.1) is 0 Å². The minimum Gasteiger partial charge on any atom is -0.494 e. The van der Waals surface area contributed by atoms with Crippen molar-refractivity contribution in [3.63, 3.8) is 0 Å². The Hall–Kier alpha value is -2.43. The molecule has 3 nitrogen and oxygen atoms in total. The van der Waals surface area contributed by atoms with Gasteiger partial charge in [-0.25, -0.2) is 8.78 Å². The standard InChI is InChI=1S/C21H22F2O3/c1-3-13-11-16-8-7-15(19(23)20(16)26-21(13)24)6-5-14-9-10-17(25-4-2)12-18(14)22/h7-10,12-13H,3-6,11H2,1-2H3. The third-order valence-electron chi connectivity index (χ3n) is 4.75. The molecule has 2 aromatic rings. The van der Waals surface area contributed by atoms with Crippen molar-refractivity contribution in [2.45, 2.75) is 39.5 Å². The average molecular weight is 360 g/mol. The van der Waals surface area contributed by atoms with Crippen LogP contribution in [0.5, 0.6) is 11.5 Å². The van der Waals surface area contributed by atoms with E-state index in [0.717, 1.165) is 0 Å². The summed E-state index contributed by atoms with van der Waals surface area (Å²) in [5.41, 5.74) is 1.62. The van der Waals surface area contributed by atoms with Gasteiger partial charge < -0.3 is 9.47 Å². The van der Waals surface area contributed by atoms with E-state index in [4.69, 9.17) is 9.47 Å². The Morgan fingerprint density at radius 3 is 2.54 bits per heavy atom. The SMILES string of the molecule is CCOc1ccc(CCc2ccc3c(c2F)OC(=O)C(CC)C3)c(F)c1. The molecule has 1 aliphatic heterocycles. The minimum absolute atomic E-state index is 0.0318. The smallest absolute Gasteiger partial charge is 0.314 e. The largest absolute Gasteiger partial charge is 0.494 e. The van der Waals surface area contributed by atoms with Crippen LogP contribution in [0, 0.1) is 17.6 Å². The van der Waals surface area contributed by atoms with Gasteiger partial charge in [-0.2, -0.15) is 0 Å². The van der Waals surface area contributed by atoms with Crippen LogP contribution in [0.3, 0.4) is 0 Å². The van der Waals surface area contributed by atoms with Crippen LogP contribution >= 0.6 is 0 Å². The molecule has 0 aromatic heterocycles. The lowest BCUT2D eigenvalue weighted by molar-refractivity contribution is -0.140. The number of carbonyl (C=O) groups excluding carboxylic acids is 1. The summed E-state index contributed by atoms with van der Waals surface area (Å²) in [6, 6.07) is 8.21. The number of ether oxygens (including phenoxy) is 2. The summed E-state index contributed by atoms with van der Waals surface area (Å²) in [6.45, 7) is 4.21. The van der Waals surface area contributed by atoms with E-state index >= 15 is 0 Å². The monoisotopic (exact) mass is 360 g/mol. The number of rotatable bonds is 6. The molecule has 1 unspecified atom stereocenters. The molecular weight excluding hydrogens is 338 g/mol. The first-order valence-corrected chi connectivity index (χ1v) is 8.96. The number of fused-ring (bicyclic) bond motifs is 1. The fourth-order valence-corrected chi connectivity index (χ4v) is 3.20. The lowest BCUT2D eigenvalue weighted by Crippen LogP contribution is -2.28. The normalized spacial score (nSPS) is 16.2. The molecule has 0 bridgehead atoms. The van der Waals surface area contributed by atoms with Crippen molar-refractivity contribution in [2.24, 2.45) is 5.92 Å². The second-order valence-electron chi connectivity index (χ2n) is 6.44. The predicted molar refractivity (Wildman–Crippen MR) is 94.5 cm³/mol. The first-order chi connectivity index (χ1) is 12.5. The van der Waals surface area contributed by atoms with Gasteiger partial charge in [-0.3, -0.25) is 4.79 Å². The van der Waals surface area contributed by atoms with Crippen LogP contribution in [0.25, 0.3) is 0 Å². The molecule has 0 aliphatic carbocycles. The molecule has 0 saturated heterocycles. The predicted octanol–water partition coefficient (Wildman–Crippen LogP) is 4.64. The van der Waals surface area contributed by atoms with Gasteiger partial charge in [0, 0.05) is 6.07 Å². The van der Waals surface area contributed by atoms with E-state index in [1.165, 1.54) is 6.07 Å². The first kappa shape index (κ1) is 18.4. The zero-order valence-corrected chi connectivity index (χ0v) is 15.0. The summed E-state index contributed by atoms with van der Waals surface area (Å²) in [5, 5.41) is 0. The Labute approximate surface area is 151 Å². The highest BCUT2D eigenvalue weighted by atomic mass is 19.1. The van der Waals surface area contributed by atoms with Crippen LogP contribution in [0.2, 0.25) is 0 Å². The Morgan fingerprint density at radius 2 is 1.85 bits per heavy atom. The second kappa shape index (κ2) is 7.85. The molecule has 0 radical (unpaired) electrons. The summed E-state index contributed by atoms with van der Waals surface area (Å²) < 4.78 is 39.4. The average Bonchev–Trinajstić information content (AvgIpc) is 2.63. The molecule has 0 saturated carbocycles. The number of hydrogen-bond acceptors (Lipinski definition) is 3. The number of aryl methyl sites for hydroxylation is 2. The van der Waals surface area contributed by atoms with Gasteiger partial charge in [-0.05, 0) is 55.4 Å². The van der Waals surface area contributed by atoms with Crippen molar-refractivity contribution >= 4 is 5.97 Å². The maximum atomic E-state index is 14.7. The summed E-state index contributed by atoms with van der Waals surface area (Å²) in [4.78, 5) is 11.9. The highest BCUT2D eigenvalue weighted by Crippen LogP contribution is 2.34. The Bertz CT molecular complexity index is 817. The van der Waals surface area contributed by atoms with Crippen LogP contribution in [0.15, 0.2) is 30.3 Å². The van der Waals surface area contributed by atoms with Gasteiger partial charge in [0.15, 0.2) is 11.6 Å². The highest BCUT2D eigenvalue weighted by Gasteiger charge is 2.30. The number of halogens is 2. The van der Waals surface area contributed by atoms with Gasteiger partial charge in [0.25, 0.3) is 0 Å². The van der Waals surface area contributed by atoms with Crippen LogP contribution in [-0.4, -0.2) is 12.6 Å². The maximum Gasteiger partial charge on any atom is 0.314 e. The van der Waals surface area contributed by atoms with Crippen LogP contribution < -0.4 is 9.47 Å². The Balaban J connectivity index is 1.75. The second-order valence-corrected chi connectivity index (χ2v) is 6.44. The van der Waals surface area contributed by atoms with E-state index < -0.39 is 5.82 Å². The lowest BCUT2D eigenvalue weighted by atomic mass is 9.92. The summed E-state index contributed by atoms with van der Waals surface area (Å²) >= 11 is 0. The van der Waals surface area contributed by atoms with E-state index in [1.807, 2.05) is 13.8 Å². The highest BCUT2D eigenvalue weighted by molar-refractivity contribution is 5.78. The number of carbonyl (C=O) groups is 1.